The van der Waals surface area contributed by atoms with Crippen molar-refractivity contribution in [1.82, 2.24) is 9.55 Å². The van der Waals surface area contributed by atoms with E-state index in [0.717, 1.165) is 36.9 Å². The van der Waals surface area contributed by atoms with Crippen molar-refractivity contribution in [3.63, 3.8) is 0 Å². The highest BCUT2D eigenvalue weighted by Crippen LogP contribution is 2.10. The van der Waals surface area contributed by atoms with E-state index < -0.39 is 0 Å². The first-order chi connectivity index (χ1) is 8.13. The first kappa shape index (κ1) is 14.6. The van der Waals surface area contributed by atoms with E-state index in [4.69, 9.17) is 5.73 Å². The Hall–Kier alpha value is -0.480. The maximum absolute atomic E-state index is 6.14. The lowest BCUT2D eigenvalue weighted by Crippen LogP contribution is -2.27. The van der Waals surface area contributed by atoms with Gasteiger partial charge in [-0.05, 0) is 18.1 Å². The van der Waals surface area contributed by atoms with Crippen LogP contribution in [0.4, 0.5) is 0 Å². The van der Waals surface area contributed by atoms with Gasteiger partial charge in [0.15, 0.2) is 0 Å². The second-order valence-corrected chi connectivity index (χ2v) is 6.01. The quantitative estimate of drug-likeness (QED) is 0.776. The molecule has 0 bridgehead atoms. The van der Waals surface area contributed by atoms with Gasteiger partial charge in [0.1, 0.15) is 5.82 Å². The normalized spacial score (nSPS) is 13.2. The minimum Gasteiger partial charge on any atom is -0.335 e. The minimum absolute atomic E-state index is 0.219. The van der Waals surface area contributed by atoms with E-state index in [2.05, 4.69) is 30.3 Å². The van der Waals surface area contributed by atoms with Crippen LogP contribution in [0.15, 0.2) is 12.4 Å². The van der Waals surface area contributed by atoms with E-state index in [1.165, 1.54) is 5.75 Å². The summed E-state index contributed by atoms with van der Waals surface area (Å²) < 4.78 is 2.22. The van der Waals surface area contributed by atoms with E-state index in [-0.39, 0.29) is 6.04 Å². The molecule has 1 unspecified atom stereocenters. The van der Waals surface area contributed by atoms with Gasteiger partial charge in [-0.25, -0.2) is 4.98 Å². The highest BCUT2D eigenvalue weighted by Gasteiger charge is 2.09. The molecular formula is C13H25N3S. The second kappa shape index (κ2) is 7.77. The molecule has 4 heteroatoms. The Labute approximate surface area is 109 Å². The molecule has 1 aromatic heterocycles. The molecule has 0 saturated carbocycles. The van der Waals surface area contributed by atoms with Crippen molar-refractivity contribution in [2.75, 3.05) is 11.5 Å². The molecule has 17 heavy (non-hydrogen) atoms. The summed E-state index contributed by atoms with van der Waals surface area (Å²) in [6.07, 6.45) is 5.95. The molecule has 0 fully saturated rings. The van der Waals surface area contributed by atoms with E-state index in [1.807, 2.05) is 24.2 Å². The fraction of sp³-hybridized carbons (Fsp3) is 0.769. The predicted octanol–water partition coefficient (Wildman–Crippen LogP) is 2.55. The fourth-order valence-corrected chi connectivity index (χ4v) is 2.75. The van der Waals surface area contributed by atoms with Crippen LogP contribution < -0.4 is 5.73 Å². The van der Waals surface area contributed by atoms with Crippen molar-refractivity contribution in [1.29, 1.82) is 0 Å². The fourth-order valence-electron chi connectivity index (χ4n) is 1.72. The zero-order valence-corrected chi connectivity index (χ0v) is 12.0. The zero-order valence-electron chi connectivity index (χ0n) is 11.2. The number of aryl methyl sites for hydroxylation is 1. The zero-order chi connectivity index (χ0) is 12.7. The Kier molecular flexibility index (Phi) is 6.66. The Morgan fingerprint density at radius 3 is 2.82 bits per heavy atom. The van der Waals surface area contributed by atoms with Crippen LogP contribution in [0.5, 0.6) is 0 Å². The molecule has 1 aromatic rings. The van der Waals surface area contributed by atoms with Crippen LogP contribution >= 0.6 is 11.8 Å². The molecule has 1 atom stereocenters. The van der Waals surface area contributed by atoms with Crippen LogP contribution in [0.1, 0.15) is 33.0 Å². The van der Waals surface area contributed by atoms with Crippen LogP contribution in [0, 0.1) is 5.92 Å². The number of nitrogens with two attached hydrogens (primary N) is 1. The molecule has 2 N–H and O–H groups in total. The molecule has 1 heterocycles. The third-order valence-electron chi connectivity index (χ3n) is 2.49. The van der Waals surface area contributed by atoms with Crippen LogP contribution in [0.2, 0.25) is 0 Å². The smallest absolute Gasteiger partial charge is 0.110 e. The van der Waals surface area contributed by atoms with Crippen LogP contribution in [0.3, 0.4) is 0 Å². The highest BCUT2D eigenvalue weighted by molar-refractivity contribution is 7.99. The standard InChI is InChI=1S/C13H25N3S/c1-4-6-16-7-5-15-13(16)8-12(14)10-17-9-11(2)3/h5,7,11-12H,4,6,8-10,14H2,1-3H3. The molecular weight excluding hydrogens is 230 g/mol. The van der Waals surface area contributed by atoms with Crippen molar-refractivity contribution >= 4 is 11.8 Å². The lowest BCUT2D eigenvalue weighted by Gasteiger charge is -2.13. The molecule has 0 aliphatic carbocycles. The lowest BCUT2D eigenvalue weighted by atomic mass is 10.2. The van der Waals surface area contributed by atoms with Crippen molar-refractivity contribution in [3.8, 4) is 0 Å². The SMILES string of the molecule is CCCn1ccnc1CC(N)CSCC(C)C. The minimum atomic E-state index is 0.219. The number of aromatic nitrogens is 2. The summed E-state index contributed by atoms with van der Waals surface area (Å²) in [6, 6.07) is 0.219. The number of hydrogen-bond acceptors (Lipinski definition) is 3. The summed E-state index contributed by atoms with van der Waals surface area (Å²) in [5, 5.41) is 0. The highest BCUT2D eigenvalue weighted by atomic mass is 32.2. The topological polar surface area (TPSA) is 43.8 Å². The molecule has 0 spiro atoms. The van der Waals surface area contributed by atoms with Gasteiger partial charge in [0, 0.05) is 37.2 Å². The molecule has 0 aliphatic heterocycles. The first-order valence-corrected chi connectivity index (χ1v) is 7.62. The molecule has 1 rings (SSSR count). The Balaban J connectivity index is 2.34. The Bertz CT molecular complexity index is 309. The van der Waals surface area contributed by atoms with Crippen molar-refractivity contribution in [2.24, 2.45) is 11.7 Å². The number of nitrogens with zero attached hydrogens (tertiary/aromatic N) is 2. The van der Waals surface area contributed by atoms with E-state index in [0.29, 0.717) is 0 Å². The van der Waals surface area contributed by atoms with E-state index >= 15 is 0 Å². The molecule has 0 saturated heterocycles. The van der Waals surface area contributed by atoms with Gasteiger partial charge in [-0.15, -0.1) is 0 Å². The second-order valence-electron chi connectivity index (χ2n) is 4.93. The molecule has 0 aromatic carbocycles. The van der Waals surface area contributed by atoms with Gasteiger partial charge in [-0.1, -0.05) is 20.8 Å². The number of rotatable bonds is 8. The van der Waals surface area contributed by atoms with Crippen LogP contribution in [-0.4, -0.2) is 27.1 Å². The third-order valence-corrected chi connectivity index (χ3v) is 4.06. The van der Waals surface area contributed by atoms with Crippen LogP contribution in [-0.2, 0) is 13.0 Å². The summed E-state index contributed by atoms with van der Waals surface area (Å²) in [5.74, 6) is 4.09. The molecule has 98 valence electrons. The number of thioether (sulfide) groups is 1. The predicted molar refractivity (Wildman–Crippen MR) is 76.4 cm³/mol. The van der Waals surface area contributed by atoms with Crippen molar-refractivity contribution in [3.05, 3.63) is 18.2 Å². The monoisotopic (exact) mass is 255 g/mol. The number of imidazole rings is 1. The summed E-state index contributed by atoms with van der Waals surface area (Å²) in [4.78, 5) is 4.39. The largest absolute Gasteiger partial charge is 0.335 e. The Morgan fingerprint density at radius 1 is 1.41 bits per heavy atom. The maximum atomic E-state index is 6.14. The van der Waals surface area contributed by atoms with Crippen molar-refractivity contribution in [2.45, 2.75) is 46.2 Å². The van der Waals surface area contributed by atoms with Gasteiger partial charge < -0.3 is 10.3 Å². The molecule has 0 aliphatic rings. The molecule has 0 radical (unpaired) electrons. The van der Waals surface area contributed by atoms with E-state index in [1.54, 1.807) is 0 Å². The average Bonchev–Trinajstić information content (AvgIpc) is 2.66. The van der Waals surface area contributed by atoms with Crippen LogP contribution in [0.25, 0.3) is 0 Å². The number of hydrogen-bond donors (Lipinski definition) is 1. The summed E-state index contributed by atoms with van der Waals surface area (Å²) in [7, 11) is 0. The summed E-state index contributed by atoms with van der Waals surface area (Å²) in [5.41, 5.74) is 6.14. The average molecular weight is 255 g/mol. The maximum Gasteiger partial charge on any atom is 0.110 e. The van der Waals surface area contributed by atoms with Gasteiger partial charge in [0.25, 0.3) is 0 Å². The van der Waals surface area contributed by atoms with Gasteiger partial charge in [0.2, 0.25) is 0 Å². The van der Waals surface area contributed by atoms with Gasteiger partial charge in [-0.2, -0.15) is 11.8 Å². The van der Waals surface area contributed by atoms with Gasteiger partial charge in [-0.3, -0.25) is 0 Å². The summed E-state index contributed by atoms with van der Waals surface area (Å²) >= 11 is 1.95. The van der Waals surface area contributed by atoms with Crippen molar-refractivity contribution < 1.29 is 0 Å². The summed E-state index contributed by atoms with van der Waals surface area (Å²) in [6.45, 7) is 7.71. The van der Waals surface area contributed by atoms with Gasteiger partial charge >= 0.3 is 0 Å². The lowest BCUT2D eigenvalue weighted by molar-refractivity contribution is 0.607. The van der Waals surface area contributed by atoms with Gasteiger partial charge in [0.05, 0.1) is 0 Å². The third kappa shape index (κ3) is 5.59. The molecule has 0 amide bonds. The Morgan fingerprint density at radius 2 is 2.18 bits per heavy atom. The van der Waals surface area contributed by atoms with E-state index in [9.17, 15) is 0 Å². The first-order valence-electron chi connectivity index (χ1n) is 6.46. The molecule has 3 nitrogen and oxygen atoms in total.